The van der Waals surface area contributed by atoms with Gasteiger partial charge in [-0.05, 0) is 32.1 Å². The first-order chi connectivity index (χ1) is 14.5. The minimum Gasteiger partial charge on any atom is -0.507 e. The summed E-state index contributed by atoms with van der Waals surface area (Å²) >= 11 is 0. The van der Waals surface area contributed by atoms with Crippen molar-refractivity contribution in [3.05, 3.63) is 77.1 Å². The lowest BCUT2D eigenvalue weighted by molar-refractivity contribution is -0.140. The molecule has 0 saturated carbocycles. The van der Waals surface area contributed by atoms with E-state index in [-0.39, 0.29) is 16.9 Å². The number of ketones is 1. The summed E-state index contributed by atoms with van der Waals surface area (Å²) < 4.78 is 14.7. The monoisotopic (exact) mass is 410 g/mol. The minimum absolute atomic E-state index is 0.0702. The molecule has 158 valence electrons. The molecule has 1 aliphatic heterocycles. The number of likely N-dealkylation sites (tertiary alicyclic amines) is 1. The van der Waals surface area contributed by atoms with Crippen molar-refractivity contribution in [2.24, 2.45) is 0 Å². The summed E-state index contributed by atoms with van der Waals surface area (Å²) in [6.45, 7) is 6.97. The highest BCUT2D eigenvalue weighted by Crippen LogP contribution is 2.40. The third-order valence-electron chi connectivity index (χ3n) is 5.55. The molecule has 1 atom stereocenters. The number of amides is 1. The molecule has 1 N–H and O–H groups in total. The van der Waals surface area contributed by atoms with Crippen molar-refractivity contribution in [1.82, 2.24) is 9.80 Å². The Morgan fingerprint density at radius 2 is 1.67 bits per heavy atom. The van der Waals surface area contributed by atoms with Crippen LogP contribution in [0.4, 0.5) is 4.39 Å². The lowest BCUT2D eigenvalue weighted by atomic mass is 9.95. The molecule has 0 bridgehead atoms. The number of halogens is 1. The molecule has 1 fully saturated rings. The fraction of sp³-hybridized carbons (Fsp3) is 0.333. The van der Waals surface area contributed by atoms with Crippen LogP contribution in [-0.4, -0.2) is 52.8 Å². The molecule has 0 aliphatic carbocycles. The van der Waals surface area contributed by atoms with Gasteiger partial charge < -0.3 is 14.9 Å². The first-order valence-electron chi connectivity index (χ1n) is 10.3. The summed E-state index contributed by atoms with van der Waals surface area (Å²) in [5, 5.41) is 10.9. The van der Waals surface area contributed by atoms with Crippen molar-refractivity contribution in [2.75, 3.05) is 26.2 Å². The van der Waals surface area contributed by atoms with Crippen LogP contribution in [0.2, 0.25) is 0 Å². The van der Waals surface area contributed by atoms with Gasteiger partial charge in [-0.25, -0.2) is 4.39 Å². The van der Waals surface area contributed by atoms with Crippen molar-refractivity contribution >= 4 is 17.4 Å². The highest BCUT2D eigenvalue weighted by Gasteiger charge is 2.46. The van der Waals surface area contributed by atoms with Crippen LogP contribution < -0.4 is 0 Å². The van der Waals surface area contributed by atoms with Crippen molar-refractivity contribution < 1.29 is 19.1 Å². The number of Topliss-reactive ketones (excluding diaryl/α,β-unsaturated/α-hetero) is 1. The molecule has 0 radical (unpaired) electrons. The molecule has 1 aliphatic rings. The molecule has 0 unspecified atom stereocenters. The molecule has 2 aromatic rings. The molecule has 5 nitrogen and oxygen atoms in total. The maximum Gasteiger partial charge on any atom is 0.295 e. The van der Waals surface area contributed by atoms with Gasteiger partial charge in [-0.15, -0.1) is 0 Å². The van der Waals surface area contributed by atoms with E-state index in [1.54, 1.807) is 48.5 Å². The van der Waals surface area contributed by atoms with Crippen LogP contribution in [-0.2, 0) is 9.59 Å². The zero-order valence-electron chi connectivity index (χ0n) is 17.3. The summed E-state index contributed by atoms with van der Waals surface area (Å²) in [4.78, 5) is 29.4. The molecular weight excluding hydrogens is 383 g/mol. The van der Waals surface area contributed by atoms with Gasteiger partial charge >= 0.3 is 0 Å². The second-order valence-electron chi connectivity index (χ2n) is 7.26. The molecule has 1 saturated heterocycles. The first kappa shape index (κ1) is 21.7. The SMILES string of the molecule is CCN(CC)CCCN1C(=O)C(=O)/C(=C(/O)c2ccccc2)[C@@H]1c1ccccc1F. The number of aliphatic hydroxyl groups is 1. The average molecular weight is 410 g/mol. The quantitative estimate of drug-likeness (QED) is 0.406. The molecular formula is C24H27FN2O3. The van der Waals surface area contributed by atoms with E-state index in [1.165, 1.54) is 11.0 Å². The summed E-state index contributed by atoms with van der Waals surface area (Å²) in [5.74, 6) is -2.29. The topological polar surface area (TPSA) is 60.9 Å². The van der Waals surface area contributed by atoms with Crippen molar-refractivity contribution in [3.8, 4) is 0 Å². The van der Waals surface area contributed by atoms with Gasteiger partial charge in [-0.1, -0.05) is 62.4 Å². The highest BCUT2D eigenvalue weighted by molar-refractivity contribution is 6.46. The molecule has 3 rings (SSSR count). The Labute approximate surface area is 176 Å². The van der Waals surface area contributed by atoms with Crippen LogP contribution in [0.3, 0.4) is 0 Å². The standard InChI is InChI=1S/C24H27FN2O3/c1-3-26(4-2)15-10-16-27-21(18-13-8-9-14-19(18)25)20(23(29)24(27)30)22(28)17-11-6-5-7-12-17/h5-9,11-14,21,28H,3-4,10,15-16H2,1-2H3/b22-20+/t21-/m0/s1. The van der Waals surface area contributed by atoms with E-state index in [4.69, 9.17) is 0 Å². The number of hydrogen-bond acceptors (Lipinski definition) is 4. The summed E-state index contributed by atoms with van der Waals surface area (Å²) in [6, 6.07) is 13.7. The molecule has 6 heteroatoms. The van der Waals surface area contributed by atoms with Gasteiger partial charge in [-0.2, -0.15) is 0 Å². The number of rotatable bonds is 8. The summed E-state index contributed by atoms with van der Waals surface area (Å²) in [5.41, 5.74) is 0.552. The van der Waals surface area contributed by atoms with Crippen molar-refractivity contribution in [3.63, 3.8) is 0 Å². The zero-order chi connectivity index (χ0) is 21.7. The Morgan fingerprint density at radius 3 is 2.30 bits per heavy atom. The lowest BCUT2D eigenvalue weighted by Crippen LogP contribution is -2.33. The number of benzene rings is 2. The number of aliphatic hydroxyl groups excluding tert-OH is 1. The maximum atomic E-state index is 14.7. The van der Waals surface area contributed by atoms with Gasteiger partial charge in [0.25, 0.3) is 11.7 Å². The largest absolute Gasteiger partial charge is 0.507 e. The number of carbonyl (C=O) groups excluding carboxylic acids is 2. The second kappa shape index (κ2) is 9.67. The predicted molar refractivity (Wildman–Crippen MR) is 114 cm³/mol. The van der Waals surface area contributed by atoms with Crippen LogP contribution in [0.15, 0.2) is 60.2 Å². The van der Waals surface area contributed by atoms with E-state index in [9.17, 15) is 19.1 Å². The Balaban J connectivity index is 2.03. The van der Waals surface area contributed by atoms with E-state index in [0.29, 0.717) is 18.5 Å². The third-order valence-corrected chi connectivity index (χ3v) is 5.55. The molecule has 1 heterocycles. The van der Waals surface area contributed by atoms with Crippen LogP contribution >= 0.6 is 0 Å². The van der Waals surface area contributed by atoms with Gasteiger partial charge in [0.2, 0.25) is 0 Å². The van der Waals surface area contributed by atoms with Crippen LogP contribution in [0.1, 0.15) is 37.4 Å². The average Bonchev–Trinajstić information content (AvgIpc) is 3.02. The Morgan fingerprint density at radius 1 is 1.03 bits per heavy atom. The second-order valence-corrected chi connectivity index (χ2v) is 7.26. The normalized spacial score (nSPS) is 18.4. The highest BCUT2D eigenvalue weighted by atomic mass is 19.1. The van der Waals surface area contributed by atoms with Crippen LogP contribution in [0.25, 0.3) is 5.76 Å². The molecule has 0 spiro atoms. The van der Waals surface area contributed by atoms with Crippen LogP contribution in [0.5, 0.6) is 0 Å². The fourth-order valence-corrected chi connectivity index (χ4v) is 3.89. The van der Waals surface area contributed by atoms with Gasteiger partial charge in [0.15, 0.2) is 0 Å². The van der Waals surface area contributed by atoms with Crippen LogP contribution in [0, 0.1) is 5.82 Å². The molecule has 0 aromatic heterocycles. The molecule has 1 amide bonds. The predicted octanol–water partition coefficient (Wildman–Crippen LogP) is 3.98. The molecule has 30 heavy (non-hydrogen) atoms. The van der Waals surface area contributed by atoms with Crippen molar-refractivity contribution in [2.45, 2.75) is 26.3 Å². The van der Waals surface area contributed by atoms with Crippen molar-refractivity contribution in [1.29, 1.82) is 0 Å². The van der Waals surface area contributed by atoms with E-state index in [2.05, 4.69) is 18.7 Å². The van der Waals surface area contributed by atoms with Gasteiger partial charge in [0.05, 0.1) is 11.6 Å². The Hall–Kier alpha value is -2.99. The summed E-state index contributed by atoms with van der Waals surface area (Å²) in [7, 11) is 0. The van der Waals surface area contributed by atoms with E-state index >= 15 is 0 Å². The Kier molecular flexibility index (Phi) is 7.00. The van der Waals surface area contributed by atoms with E-state index < -0.39 is 23.5 Å². The number of carbonyl (C=O) groups is 2. The van der Waals surface area contributed by atoms with E-state index in [1.807, 2.05) is 0 Å². The minimum atomic E-state index is -0.955. The fourth-order valence-electron chi connectivity index (χ4n) is 3.89. The smallest absolute Gasteiger partial charge is 0.295 e. The van der Waals surface area contributed by atoms with Gasteiger partial charge in [-0.3, -0.25) is 9.59 Å². The zero-order valence-corrected chi connectivity index (χ0v) is 17.3. The third kappa shape index (κ3) is 4.28. The maximum absolute atomic E-state index is 14.7. The molecule has 2 aromatic carbocycles. The number of hydrogen-bond donors (Lipinski definition) is 1. The first-order valence-corrected chi connectivity index (χ1v) is 10.3. The van der Waals surface area contributed by atoms with Gasteiger partial charge in [0.1, 0.15) is 11.6 Å². The Bertz CT molecular complexity index is 938. The lowest BCUT2D eigenvalue weighted by Gasteiger charge is -2.27. The van der Waals surface area contributed by atoms with Gasteiger partial charge in [0, 0.05) is 17.7 Å². The number of nitrogens with zero attached hydrogens (tertiary/aromatic N) is 2. The summed E-state index contributed by atoms with van der Waals surface area (Å²) in [6.07, 6.45) is 0.644. The van der Waals surface area contributed by atoms with E-state index in [0.717, 1.165) is 19.6 Å².